The van der Waals surface area contributed by atoms with Gasteiger partial charge in [-0.2, -0.15) is 0 Å². The summed E-state index contributed by atoms with van der Waals surface area (Å²) in [5, 5.41) is 0. The molecule has 0 spiro atoms. The second-order valence-corrected chi connectivity index (χ2v) is 4.71. The van der Waals surface area contributed by atoms with Crippen LogP contribution in [-0.2, 0) is 14.3 Å². The van der Waals surface area contributed by atoms with Crippen LogP contribution in [0.4, 0.5) is 0 Å². The maximum Gasteiger partial charge on any atom is 0.289 e. The van der Waals surface area contributed by atoms with Crippen LogP contribution in [-0.4, -0.2) is 43.9 Å². The van der Waals surface area contributed by atoms with Crippen LogP contribution in [0.15, 0.2) is 0 Å². The predicted octanol–water partition coefficient (Wildman–Crippen LogP) is 1.24. The lowest BCUT2D eigenvalue weighted by atomic mass is 9.84. The molecule has 0 aromatic carbocycles. The van der Waals surface area contributed by atoms with Gasteiger partial charge in [0.1, 0.15) is 0 Å². The molecule has 0 bridgehead atoms. The molecule has 1 fully saturated rings. The van der Waals surface area contributed by atoms with Crippen LogP contribution < -0.4 is 0 Å². The summed E-state index contributed by atoms with van der Waals surface area (Å²) in [5.74, 6) is -0.275. The van der Waals surface area contributed by atoms with Crippen molar-refractivity contribution < 1.29 is 14.3 Å². The molecule has 1 saturated carbocycles. The molecule has 92 valence electrons. The maximum absolute atomic E-state index is 11.6. The number of methoxy groups -OCH3 is 1. The van der Waals surface area contributed by atoms with Crippen molar-refractivity contribution in [3.63, 3.8) is 0 Å². The molecule has 1 aliphatic carbocycles. The Morgan fingerprint density at radius 2 is 1.75 bits per heavy atom. The van der Waals surface area contributed by atoms with E-state index in [1.165, 1.54) is 4.90 Å². The molecule has 0 unspecified atom stereocenters. The highest BCUT2D eigenvalue weighted by atomic mass is 16.5. The van der Waals surface area contributed by atoms with Crippen molar-refractivity contribution in [3.8, 4) is 0 Å². The fourth-order valence-electron chi connectivity index (χ4n) is 2.17. The molecule has 0 radical (unpaired) electrons. The third-order valence-electron chi connectivity index (χ3n) is 3.25. The zero-order valence-corrected chi connectivity index (χ0v) is 10.4. The van der Waals surface area contributed by atoms with Gasteiger partial charge in [-0.05, 0) is 31.6 Å². The number of carbonyl (C=O) groups excluding carboxylic acids is 2. The van der Waals surface area contributed by atoms with Crippen molar-refractivity contribution in [2.75, 3.05) is 21.2 Å². The summed E-state index contributed by atoms with van der Waals surface area (Å²) in [6, 6.07) is 0. The number of ketones is 1. The van der Waals surface area contributed by atoms with E-state index >= 15 is 0 Å². The third-order valence-corrected chi connectivity index (χ3v) is 3.25. The Kier molecular flexibility index (Phi) is 4.93. The Labute approximate surface area is 96.9 Å². The smallest absolute Gasteiger partial charge is 0.289 e. The normalized spacial score (nSPS) is 25.2. The van der Waals surface area contributed by atoms with Crippen LogP contribution in [0.5, 0.6) is 0 Å². The second-order valence-electron chi connectivity index (χ2n) is 4.71. The minimum absolute atomic E-state index is 0.258. The third kappa shape index (κ3) is 3.59. The van der Waals surface area contributed by atoms with E-state index in [1.54, 1.807) is 21.2 Å². The summed E-state index contributed by atoms with van der Waals surface area (Å²) >= 11 is 0. The van der Waals surface area contributed by atoms with Crippen LogP contribution in [0.3, 0.4) is 0 Å². The first-order valence-corrected chi connectivity index (χ1v) is 5.82. The monoisotopic (exact) mass is 227 g/mol. The average Bonchev–Trinajstić information content (AvgIpc) is 2.28. The number of nitrogens with zero attached hydrogens (tertiary/aromatic N) is 1. The lowest BCUT2D eigenvalue weighted by Crippen LogP contribution is -2.32. The van der Waals surface area contributed by atoms with Gasteiger partial charge in [0.25, 0.3) is 5.91 Å². The Morgan fingerprint density at radius 3 is 2.19 bits per heavy atom. The first-order valence-electron chi connectivity index (χ1n) is 5.82. The molecule has 0 aromatic rings. The number of rotatable bonds is 4. The standard InChI is InChI=1S/C12H21NO3/c1-13(2)12(15)11(14)8-9-4-6-10(16-3)7-5-9/h9-10H,4-8H2,1-3H3. The van der Waals surface area contributed by atoms with Gasteiger partial charge in [-0.3, -0.25) is 9.59 Å². The van der Waals surface area contributed by atoms with Crippen LogP contribution in [0.25, 0.3) is 0 Å². The molecule has 0 aromatic heterocycles. The highest BCUT2D eigenvalue weighted by Crippen LogP contribution is 2.28. The van der Waals surface area contributed by atoms with Gasteiger partial charge in [0, 0.05) is 27.6 Å². The second kappa shape index (κ2) is 5.99. The first-order chi connectivity index (χ1) is 7.54. The Hall–Kier alpha value is -0.900. The Morgan fingerprint density at radius 1 is 1.19 bits per heavy atom. The number of carbonyl (C=O) groups is 2. The summed E-state index contributed by atoms with van der Waals surface area (Å²) in [6.07, 6.45) is 4.73. The number of ether oxygens (including phenoxy) is 1. The van der Waals surface area contributed by atoms with Crippen molar-refractivity contribution in [2.24, 2.45) is 5.92 Å². The van der Waals surface area contributed by atoms with E-state index in [9.17, 15) is 9.59 Å². The summed E-state index contributed by atoms with van der Waals surface area (Å²) in [6.45, 7) is 0. The van der Waals surface area contributed by atoms with Crippen LogP contribution >= 0.6 is 0 Å². The molecule has 0 heterocycles. The summed E-state index contributed by atoms with van der Waals surface area (Å²) in [7, 11) is 4.95. The fourth-order valence-corrected chi connectivity index (χ4v) is 2.17. The van der Waals surface area contributed by atoms with E-state index in [4.69, 9.17) is 4.74 Å². The van der Waals surface area contributed by atoms with Gasteiger partial charge in [-0.25, -0.2) is 0 Å². The van der Waals surface area contributed by atoms with Gasteiger partial charge < -0.3 is 9.64 Å². The van der Waals surface area contributed by atoms with E-state index < -0.39 is 0 Å². The molecule has 0 N–H and O–H groups in total. The number of amides is 1. The summed E-state index contributed by atoms with van der Waals surface area (Å²) < 4.78 is 5.27. The highest BCUT2D eigenvalue weighted by molar-refractivity contribution is 6.35. The number of hydrogen-bond donors (Lipinski definition) is 0. The largest absolute Gasteiger partial charge is 0.381 e. The van der Waals surface area contributed by atoms with Crippen molar-refractivity contribution >= 4 is 11.7 Å². The quantitative estimate of drug-likeness (QED) is 0.679. The zero-order valence-electron chi connectivity index (χ0n) is 10.4. The molecule has 4 nitrogen and oxygen atoms in total. The SMILES string of the molecule is COC1CCC(CC(=O)C(=O)N(C)C)CC1. The maximum atomic E-state index is 11.6. The van der Waals surface area contributed by atoms with E-state index in [-0.39, 0.29) is 11.7 Å². The molecule has 0 saturated heterocycles. The van der Waals surface area contributed by atoms with Crippen molar-refractivity contribution in [3.05, 3.63) is 0 Å². The Balaban J connectivity index is 2.34. The molecule has 16 heavy (non-hydrogen) atoms. The number of likely N-dealkylation sites (N-methyl/N-ethyl adjacent to an activating group) is 1. The Bertz CT molecular complexity index is 255. The highest BCUT2D eigenvalue weighted by Gasteiger charge is 2.25. The van der Waals surface area contributed by atoms with Crippen LogP contribution in [0.2, 0.25) is 0 Å². The van der Waals surface area contributed by atoms with E-state index in [0.717, 1.165) is 25.7 Å². The van der Waals surface area contributed by atoms with E-state index in [0.29, 0.717) is 18.4 Å². The van der Waals surface area contributed by atoms with E-state index in [2.05, 4.69) is 0 Å². The molecular weight excluding hydrogens is 206 g/mol. The van der Waals surface area contributed by atoms with Crippen LogP contribution in [0.1, 0.15) is 32.1 Å². The molecule has 4 heteroatoms. The van der Waals surface area contributed by atoms with Gasteiger partial charge in [0.2, 0.25) is 5.78 Å². The van der Waals surface area contributed by atoms with Gasteiger partial charge in [-0.1, -0.05) is 0 Å². The summed E-state index contributed by atoms with van der Waals surface area (Å²) in [5.41, 5.74) is 0. The summed E-state index contributed by atoms with van der Waals surface area (Å²) in [4.78, 5) is 24.3. The van der Waals surface area contributed by atoms with Crippen molar-refractivity contribution in [2.45, 2.75) is 38.2 Å². The van der Waals surface area contributed by atoms with Crippen LogP contribution in [0, 0.1) is 5.92 Å². The molecular formula is C12H21NO3. The van der Waals surface area contributed by atoms with Crippen molar-refractivity contribution in [1.82, 2.24) is 4.90 Å². The lowest BCUT2D eigenvalue weighted by molar-refractivity contribution is -0.143. The number of Topliss-reactive ketones (excluding diaryl/α,β-unsaturated/α-hetero) is 1. The molecule has 1 rings (SSSR count). The average molecular weight is 227 g/mol. The first kappa shape index (κ1) is 13.2. The fraction of sp³-hybridized carbons (Fsp3) is 0.833. The predicted molar refractivity (Wildman–Crippen MR) is 61.1 cm³/mol. The molecule has 1 amide bonds. The van der Waals surface area contributed by atoms with E-state index in [1.807, 2.05) is 0 Å². The van der Waals surface area contributed by atoms with Gasteiger partial charge in [0.05, 0.1) is 6.10 Å². The molecule has 0 atom stereocenters. The minimum Gasteiger partial charge on any atom is -0.381 e. The minimum atomic E-state index is -0.381. The molecule has 0 aliphatic heterocycles. The number of hydrogen-bond acceptors (Lipinski definition) is 3. The van der Waals surface area contributed by atoms with Crippen molar-refractivity contribution in [1.29, 1.82) is 0 Å². The molecule has 1 aliphatic rings. The zero-order chi connectivity index (χ0) is 12.1. The topological polar surface area (TPSA) is 46.6 Å². The van der Waals surface area contributed by atoms with Gasteiger partial charge in [0.15, 0.2) is 0 Å². The van der Waals surface area contributed by atoms with Gasteiger partial charge in [-0.15, -0.1) is 0 Å². The van der Waals surface area contributed by atoms with Gasteiger partial charge >= 0.3 is 0 Å². The lowest BCUT2D eigenvalue weighted by Gasteiger charge is -2.27.